The summed E-state index contributed by atoms with van der Waals surface area (Å²) in [5.74, 6) is 0.130. The SMILES string of the molecule is CCN(CCOC)Cc1ccc(O)c(Cl)c1. The number of methoxy groups -OCH3 is 1. The fourth-order valence-electron chi connectivity index (χ4n) is 1.48. The van der Waals surface area contributed by atoms with Crippen LogP contribution >= 0.6 is 11.6 Å². The van der Waals surface area contributed by atoms with Crippen molar-refractivity contribution in [2.45, 2.75) is 13.5 Å². The van der Waals surface area contributed by atoms with Gasteiger partial charge in [0.2, 0.25) is 0 Å². The molecule has 0 saturated carbocycles. The summed E-state index contributed by atoms with van der Waals surface area (Å²) < 4.78 is 5.05. The van der Waals surface area contributed by atoms with Gasteiger partial charge in [0.25, 0.3) is 0 Å². The maximum absolute atomic E-state index is 9.31. The normalized spacial score (nSPS) is 11.0. The minimum atomic E-state index is 0.130. The lowest BCUT2D eigenvalue weighted by atomic mass is 10.2. The van der Waals surface area contributed by atoms with Gasteiger partial charge in [-0.25, -0.2) is 0 Å². The molecule has 0 spiro atoms. The molecule has 0 unspecified atom stereocenters. The molecule has 3 nitrogen and oxygen atoms in total. The van der Waals surface area contributed by atoms with Crippen molar-refractivity contribution in [1.82, 2.24) is 4.90 Å². The number of phenolic OH excluding ortho intramolecular Hbond substituents is 1. The maximum atomic E-state index is 9.31. The Bertz CT molecular complexity index is 331. The van der Waals surface area contributed by atoms with Crippen molar-refractivity contribution in [2.24, 2.45) is 0 Å². The van der Waals surface area contributed by atoms with Crippen molar-refractivity contribution in [3.05, 3.63) is 28.8 Å². The van der Waals surface area contributed by atoms with E-state index in [1.807, 2.05) is 6.07 Å². The van der Waals surface area contributed by atoms with E-state index in [1.54, 1.807) is 19.2 Å². The lowest BCUT2D eigenvalue weighted by Crippen LogP contribution is -2.26. The Morgan fingerprint density at radius 3 is 2.75 bits per heavy atom. The van der Waals surface area contributed by atoms with Crippen LogP contribution in [-0.2, 0) is 11.3 Å². The molecule has 0 aromatic heterocycles. The molecule has 0 aliphatic rings. The van der Waals surface area contributed by atoms with Gasteiger partial charge in [-0.2, -0.15) is 0 Å². The molecule has 16 heavy (non-hydrogen) atoms. The zero-order chi connectivity index (χ0) is 12.0. The van der Waals surface area contributed by atoms with Crippen molar-refractivity contribution in [3.8, 4) is 5.75 Å². The third-order valence-corrected chi connectivity index (χ3v) is 2.78. The average molecular weight is 244 g/mol. The second-order valence-electron chi connectivity index (χ2n) is 3.65. The molecule has 0 heterocycles. The van der Waals surface area contributed by atoms with Crippen LogP contribution in [0, 0.1) is 0 Å². The molecule has 4 heteroatoms. The first-order chi connectivity index (χ1) is 7.67. The minimum Gasteiger partial charge on any atom is -0.506 e. The van der Waals surface area contributed by atoms with Crippen LogP contribution in [0.5, 0.6) is 5.75 Å². The number of nitrogens with zero attached hydrogens (tertiary/aromatic N) is 1. The molecule has 1 aromatic carbocycles. The van der Waals surface area contributed by atoms with Gasteiger partial charge in [-0.15, -0.1) is 0 Å². The summed E-state index contributed by atoms with van der Waals surface area (Å²) >= 11 is 5.85. The summed E-state index contributed by atoms with van der Waals surface area (Å²) in [6.07, 6.45) is 0. The van der Waals surface area contributed by atoms with Crippen LogP contribution < -0.4 is 0 Å². The van der Waals surface area contributed by atoms with Crippen molar-refractivity contribution in [2.75, 3.05) is 26.8 Å². The van der Waals surface area contributed by atoms with Crippen LogP contribution in [0.15, 0.2) is 18.2 Å². The fourth-order valence-corrected chi connectivity index (χ4v) is 1.68. The van der Waals surface area contributed by atoms with Gasteiger partial charge in [-0.1, -0.05) is 24.6 Å². The monoisotopic (exact) mass is 243 g/mol. The van der Waals surface area contributed by atoms with Crippen LogP contribution in [0.3, 0.4) is 0 Å². The van der Waals surface area contributed by atoms with Crippen LogP contribution in [0.25, 0.3) is 0 Å². The van der Waals surface area contributed by atoms with Crippen molar-refractivity contribution in [3.63, 3.8) is 0 Å². The number of rotatable bonds is 6. The largest absolute Gasteiger partial charge is 0.506 e. The minimum absolute atomic E-state index is 0.130. The summed E-state index contributed by atoms with van der Waals surface area (Å²) in [7, 11) is 1.70. The molecular weight excluding hydrogens is 226 g/mol. The fraction of sp³-hybridized carbons (Fsp3) is 0.500. The number of hydrogen-bond donors (Lipinski definition) is 1. The van der Waals surface area contributed by atoms with Gasteiger partial charge >= 0.3 is 0 Å². The van der Waals surface area contributed by atoms with Gasteiger partial charge in [0.15, 0.2) is 0 Å². The molecule has 0 aliphatic heterocycles. The molecule has 0 bridgehead atoms. The molecular formula is C12H18ClNO2. The lowest BCUT2D eigenvalue weighted by Gasteiger charge is -2.20. The molecule has 0 radical (unpaired) electrons. The third kappa shape index (κ3) is 4.00. The van der Waals surface area contributed by atoms with Gasteiger partial charge in [-0.05, 0) is 24.2 Å². The maximum Gasteiger partial charge on any atom is 0.134 e. The molecule has 1 rings (SSSR count). The zero-order valence-corrected chi connectivity index (χ0v) is 10.5. The second-order valence-corrected chi connectivity index (χ2v) is 4.05. The molecule has 90 valence electrons. The summed E-state index contributed by atoms with van der Waals surface area (Å²) in [5, 5.41) is 9.71. The van der Waals surface area contributed by atoms with E-state index in [1.165, 1.54) is 0 Å². The van der Waals surface area contributed by atoms with Crippen LogP contribution in [0.2, 0.25) is 5.02 Å². The first kappa shape index (κ1) is 13.3. The summed E-state index contributed by atoms with van der Waals surface area (Å²) in [6.45, 7) is 5.50. The second kappa shape index (κ2) is 6.74. The Labute approximate surface area is 102 Å². The van der Waals surface area contributed by atoms with E-state index in [-0.39, 0.29) is 5.75 Å². The summed E-state index contributed by atoms with van der Waals surface area (Å²) in [4.78, 5) is 2.26. The predicted octanol–water partition coefficient (Wildman–Crippen LogP) is 2.51. The first-order valence-electron chi connectivity index (χ1n) is 5.36. The van der Waals surface area contributed by atoms with Gasteiger partial charge in [0.1, 0.15) is 5.75 Å². The molecule has 0 atom stereocenters. The predicted molar refractivity (Wildman–Crippen MR) is 65.9 cm³/mol. The quantitative estimate of drug-likeness (QED) is 0.834. The first-order valence-corrected chi connectivity index (χ1v) is 5.73. The number of aromatic hydroxyl groups is 1. The van der Waals surface area contributed by atoms with Gasteiger partial charge in [-0.3, -0.25) is 4.90 Å². The highest BCUT2D eigenvalue weighted by Gasteiger charge is 2.05. The summed E-state index contributed by atoms with van der Waals surface area (Å²) in [6, 6.07) is 5.31. The van der Waals surface area contributed by atoms with E-state index in [9.17, 15) is 5.11 Å². The average Bonchev–Trinajstić information content (AvgIpc) is 2.29. The Kier molecular flexibility index (Phi) is 5.60. The highest BCUT2D eigenvalue weighted by Crippen LogP contribution is 2.24. The number of phenols is 1. The number of benzene rings is 1. The third-order valence-electron chi connectivity index (χ3n) is 2.48. The van der Waals surface area contributed by atoms with Crippen LogP contribution in [-0.4, -0.2) is 36.8 Å². The van der Waals surface area contributed by atoms with Crippen molar-refractivity contribution in [1.29, 1.82) is 0 Å². The van der Waals surface area contributed by atoms with E-state index in [0.717, 1.165) is 31.8 Å². The molecule has 1 aromatic rings. The van der Waals surface area contributed by atoms with E-state index in [2.05, 4.69) is 11.8 Å². The van der Waals surface area contributed by atoms with Crippen molar-refractivity contribution >= 4 is 11.6 Å². The topological polar surface area (TPSA) is 32.7 Å². The molecule has 0 amide bonds. The highest BCUT2D eigenvalue weighted by atomic mass is 35.5. The molecule has 1 N–H and O–H groups in total. The van der Waals surface area contributed by atoms with Gasteiger partial charge < -0.3 is 9.84 Å². The van der Waals surface area contributed by atoms with Gasteiger partial charge in [0, 0.05) is 20.2 Å². The molecule has 0 saturated heterocycles. The smallest absolute Gasteiger partial charge is 0.134 e. The number of ether oxygens (including phenoxy) is 1. The Morgan fingerprint density at radius 2 is 2.19 bits per heavy atom. The van der Waals surface area contributed by atoms with Crippen molar-refractivity contribution < 1.29 is 9.84 Å². The van der Waals surface area contributed by atoms with E-state index >= 15 is 0 Å². The summed E-state index contributed by atoms with van der Waals surface area (Å²) in [5.41, 5.74) is 1.10. The lowest BCUT2D eigenvalue weighted by molar-refractivity contribution is 0.147. The van der Waals surface area contributed by atoms with E-state index < -0.39 is 0 Å². The zero-order valence-electron chi connectivity index (χ0n) is 9.74. The Morgan fingerprint density at radius 1 is 1.44 bits per heavy atom. The van der Waals surface area contributed by atoms with E-state index in [4.69, 9.17) is 16.3 Å². The van der Waals surface area contributed by atoms with Gasteiger partial charge in [0.05, 0.1) is 11.6 Å². The standard InChI is InChI=1S/C12H18ClNO2/c1-3-14(6-7-16-2)9-10-4-5-12(15)11(13)8-10/h4-5,8,15H,3,6-7,9H2,1-2H3. The Hall–Kier alpha value is -0.770. The van der Waals surface area contributed by atoms with E-state index in [0.29, 0.717) is 5.02 Å². The molecule has 0 aliphatic carbocycles. The number of halogens is 1. The molecule has 0 fully saturated rings. The number of hydrogen-bond acceptors (Lipinski definition) is 3. The Balaban J connectivity index is 2.59. The highest BCUT2D eigenvalue weighted by molar-refractivity contribution is 6.32. The van der Waals surface area contributed by atoms with Crippen LogP contribution in [0.1, 0.15) is 12.5 Å². The van der Waals surface area contributed by atoms with Crippen LogP contribution in [0.4, 0.5) is 0 Å². The number of likely N-dealkylation sites (N-methyl/N-ethyl adjacent to an activating group) is 1.